The van der Waals surface area contributed by atoms with Crippen LogP contribution in [0.5, 0.6) is 0 Å². The highest BCUT2D eigenvalue weighted by Crippen LogP contribution is 2.48. The van der Waals surface area contributed by atoms with Gasteiger partial charge in [0.1, 0.15) is 0 Å². The molecule has 4 aliphatic rings. The van der Waals surface area contributed by atoms with Gasteiger partial charge in [-0.05, 0) is 126 Å². The van der Waals surface area contributed by atoms with Gasteiger partial charge in [0, 0.05) is 84.6 Å². The van der Waals surface area contributed by atoms with Gasteiger partial charge in [-0.25, -0.2) is 0 Å². The number of thioether (sulfide) groups is 2. The zero-order valence-corrected chi connectivity index (χ0v) is 46.8. The van der Waals surface area contributed by atoms with E-state index in [1.165, 1.54) is 20.9 Å². The number of fused-ring (bicyclic) bond motifs is 6. The molecule has 10 nitrogen and oxygen atoms in total. The molecular weight excluding hydrogens is 981 g/mol. The maximum atomic E-state index is 10.9. The van der Waals surface area contributed by atoms with Crippen molar-refractivity contribution in [3.8, 4) is 0 Å². The summed E-state index contributed by atoms with van der Waals surface area (Å²) in [5.41, 5.74) is 13.4. The minimum atomic E-state index is -0.943. The highest BCUT2D eigenvalue weighted by molar-refractivity contribution is 8.07. The van der Waals surface area contributed by atoms with Gasteiger partial charge in [0.05, 0.1) is 77.8 Å². The van der Waals surface area contributed by atoms with Gasteiger partial charge in [-0.3, -0.25) is 9.97 Å². The van der Waals surface area contributed by atoms with Crippen LogP contribution in [0.25, 0.3) is 55.3 Å². The standard InChI is InChI=1S/2C32H35N3O2S/c2*1-20-30(34(5)21(2)38-20)24-17-28-29(33-19-24)26-12-11-25(32(3,4)36)18-27(26)35(28)31(22-9-7-6-8-10-22)23-13-15-37-16-14-23/h2*6-12,17-19,23,31,36H,2,13-16H2,1,3-5H3. The molecule has 2 unspecified atom stereocenters. The summed E-state index contributed by atoms with van der Waals surface area (Å²) in [4.78, 5) is 16.9. The lowest BCUT2D eigenvalue weighted by Gasteiger charge is -2.33. The molecular formula is C64H70N6O4S2. The van der Waals surface area contributed by atoms with Gasteiger partial charge in [0.2, 0.25) is 0 Å². The summed E-state index contributed by atoms with van der Waals surface area (Å²) in [6.07, 6.45) is 8.00. The van der Waals surface area contributed by atoms with Crippen molar-refractivity contribution in [2.75, 3.05) is 40.5 Å². The Hall–Kier alpha value is -6.12. The highest BCUT2D eigenvalue weighted by atomic mass is 32.2. The maximum absolute atomic E-state index is 10.9. The number of hydrogen-bond donors (Lipinski definition) is 2. The van der Waals surface area contributed by atoms with Crippen LogP contribution in [0.15, 0.2) is 155 Å². The molecule has 2 fully saturated rings. The van der Waals surface area contributed by atoms with Gasteiger partial charge in [-0.15, -0.1) is 0 Å². The van der Waals surface area contributed by atoms with E-state index >= 15 is 0 Å². The van der Waals surface area contributed by atoms with Crippen LogP contribution in [0.4, 0.5) is 0 Å². The van der Waals surface area contributed by atoms with E-state index in [2.05, 4.69) is 157 Å². The number of aliphatic hydroxyl groups is 2. The molecule has 0 radical (unpaired) electrons. The molecule has 0 bridgehead atoms. The minimum Gasteiger partial charge on any atom is -0.386 e. The van der Waals surface area contributed by atoms with Crippen molar-refractivity contribution in [3.05, 3.63) is 188 Å². The molecule has 0 amide bonds. The van der Waals surface area contributed by atoms with E-state index in [4.69, 9.17) is 19.4 Å². The Morgan fingerprint density at radius 2 is 0.908 bits per heavy atom. The number of aromatic nitrogens is 4. The summed E-state index contributed by atoms with van der Waals surface area (Å²) in [7, 11) is 4.15. The van der Waals surface area contributed by atoms with E-state index in [1.807, 2.05) is 52.2 Å². The SMILES string of the molecule is C=C1SC(C)=C(c2cnc3c4ccc(C(C)(C)O)cc4n(C(c4ccccc4)C4CCOCC4)c3c2)N1C.C=C1SC(C)=C(c2cnc3c4ccc(C(C)(C)O)cc4n(C(c4ccccc4)C4CCOCC4)c3c2)N1C. The Bertz CT molecular complexity index is 3350. The van der Waals surface area contributed by atoms with E-state index in [0.29, 0.717) is 11.8 Å². The number of ether oxygens (including phenoxy) is 2. The summed E-state index contributed by atoms with van der Waals surface area (Å²) < 4.78 is 16.6. The van der Waals surface area contributed by atoms with Crippen LogP contribution < -0.4 is 0 Å². The Morgan fingerprint density at radius 3 is 1.24 bits per heavy atom. The fourth-order valence-corrected chi connectivity index (χ4v) is 14.0. The van der Waals surface area contributed by atoms with Gasteiger partial charge < -0.3 is 38.6 Å². The minimum absolute atomic E-state index is 0.120. The normalized spacial score (nSPS) is 18.2. The second-order valence-electron chi connectivity index (χ2n) is 22.0. The van der Waals surface area contributed by atoms with E-state index in [-0.39, 0.29) is 12.1 Å². The molecule has 0 spiro atoms. The highest BCUT2D eigenvalue weighted by Gasteiger charge is 2.34. The van der Waals surface area contributed by atoms with E-state index in [9.17, 15) is 10.2 Å². The smallest absolute Gasteiger partial charge is 0.0960 e. The van der Waals surface area contributed by atoms with Crippen LogP contribution in [0.3, 0.4) is 0 Å². The van der Waals surface area contributed by atoms with Crippen LogP contribution >= 0.6 is 23.5 Å². The average Bonchev–Trinajstić information content (AvgIpc) is 4.12. The Balaban J connectivity index is 0.000000162. The molecule has 2 atom stereocenters. The number of hydrogen-bond acceptors (Lipinski definition) is 10. The van der Waals surface area contributed by atoms with Crippen LogP contribution in [0, 0.1) is 11.8 Å². The van der Waals surface area contributed by atoms with Crippen molar-refractivity contribution < 1.29 is 19.7 Å². The number of nitrogens with zero attached hydrogens (tertiary/aromatic N) is 6. The van der Waals surface area contributed by atoms with Gasteiger partial charge >= 0.3 is 0 Å². The Morgan fingerprint density at radius 1 is 0.539 bits per heavy atom. The van der Waals surface area contributed by atoms with Gasteiger partial charge in [0.15, 0.2) is 0 Å². The maximum Gasteiger partial charge on any atom is 0.0960 e. The topological polar surface area (TPSA) is 101 Å². The molecule has 4 aromatic carbocycles. The number of pyridine rings is 2. The van der Waals surface area contributed by atoms with Crippen molar-refractivity contribution in [2.24, 2.45) is 11.8 Å². The molecule has 4 aromatic heterocycles. The number of allylic oxidation sites excluding steroid dienone is 2. The average molecular weight is 1050 g/mol. The second kappa shape index (κ2) is 20.7. The first-order valence-electron chi connectivity index (χ1n) is 26.7. The molecule has 76 heavy (non-hydrogen) atoms. The molecule has 0 saturated carbocycles. The first kappa shape index (κ1) is 52.0. The monoisotopic (exact) mass is 1050 g/mol. The molecule has 8 heterocycles. The predicted molar refractivity (Wildman–Crippen MR) is 315 cm³/mol. The quantitative estimate of drug-likeness (QED) is 0.138. The van der Waals surface area contributed by atoms with Crippen LogP contribution in [-0.2, 0) is 20.7 Å². The molecule has 0 aliphatic carbocycles. The number of rotatable bonds is 10. The zero-order chi connectivity index (χ0) is 53.2. The lowest BCUT2D eigenvalue weighted by molar-refractivity contribution is 0.0551. The fraction of sp³-hybridized carbons (Fsp3) is 0.344. The van der Waals surface area contributed by atoms with Crippen LogP contribution in [0.2, 0.25) is 0 Å². The first-order chi connectivity index (χ1) is 36.5. The molecule has 392 valence electrons. The predicted octanol–water partition coefficient (Wildman–Crippen LogP) is 14.5. The summed E-state index contributed by atoms with van der Waals surface area (Å²) in [5, 5.41) is 26.1. The van der Waals surface area contributed by atoms with Crippen molar-refractivity contribution in [2.45, 2.75) is 90.5 Å². The summed E-state index contributed by atoms with van der Waals surface area (Å²) in [6, 6.07) is 39.2. The second-order valence-corrected chi connectivity index (χ2v) is 24.6. The summed E-state index contributed by atoms with van der Waals surface area (Å²) >= 11 is 3.42. The van der Waals surface area contributed by atoms with Crippen molar-refractivity contribution >= 4 is 78.8 Å². The van der Waals surface area contributed by atoms with Crippen molar-refractivity contribution in [3.63, 3.8) is 0 Å². The van der Waals surface area contributed by atoms with Crippen LogP contribution in [0.1, 0.15) is 113 Å². The van der Waals surface area contributed by atoms with Crippen molar-refractivity contribution in [1.82, 2.24) is 28.9 Å². The fourth-order valence-electron chi connectivity index (χ4n) is 12.2. The Labute approximate surface area is 455 Å². The zero-order valence-electron chi connectivity index (χ0n) is 45.1. The summed E-state index contributed by atoms with van der Waals surface area (Å²) in [6.45, 7) is 23.3. The Kier molecular flexibility index (Phi) is 14.1. The van der Waals surface area contributed by atoms with E-state index < -0.39 is 11.2 Å². The molecule has 8 aromatic rings. The van der Waals surface area contributed by atoms with E-state index in [1.54, 1.807) is 23.5 Å². The molecule has 12 heteroatoms. The third-order valence-electron chi connectivity index (χ3n) is 16.1. The summed E-state index contributed by atoms with van der Waals surface area (Å²) in [5.74, 6) is 0.842. The van der Waals surface area contributed by atoms with Gasteiger partial charge in [-0.2, -0.15) is 0 Å². The third-order valence-corrected chi connectivity index (χ3v) is 18.1. The van der Waals surface area contributed by atoms with Crippen molar-refractivity contribution in [1.29, 1.82) is 0 Å². The molecule has 2 saturated heterocycles. The number of benzene rings is 4. The van der Waals surface area contributed by atoms with E-state index in [0.717, 1.165) is 140 Å². The molecule has 4 aliphatic heterocycles. The lowest BCUT2D eigenvalue weighted by atomic mass is 9.86. The molecule has 2 N–H and O–H groups in total. The van der Waals surface area contributed by atoms with Gasteiger partial charge in [-0.1, -0.05) is 122 Å². The largest absolute Gasteiger partial charge is 0.386 e. The van der Waals surface area contributed by atoms with Crippen LogP contribution in [-0.4, -0.2) is 79.6 Å². The lowest BCUT2D eigenvalue weighted by Crippen LogP contribution is -2.27. The first-order valence-corrected chi connectivity index (χ1v) is 28.3. The molecule has 12 rings (SSSR count). The van der Waals surface area contributed by atoms with Gasteiger partial charge in [0.25, 0.3) is 0 Å². The third kappa shape index (κ3) is 9.60.